The predicted molar refractivity (Wildman–Crippen MR) is 125 cm³/mol. The van der Waals surface area contributed by atoms with E-state index >= 15 is 0 Å². The first-order valence-electron chi connectivity index (χ1n) is 10.8. The lowest BCUT2D eigenvalue weighted by Crippen LogP contribution is -2.39. The first-order valence-corrected chi connectivity index (χ1v) is 12.6. The third kappa shape index (κ3) is 5.86. The molecule has 2 heterocycles. The van der Waals surface area contributed by atoms with Gasteiger partial charge in [-0.2, -0.15) is 0 Å². The monoisotopic (exact) mass is 477 g/mol. The van der Waals surface area contributed by atoms with E-state index in [-0.39, 0.29) is 24.5 Å². The molecule has 2 aliphatic rings. The average molecular weight is 478 g/mol. The molecule has 1 aromatic carbocycles. The molecule has 1 N–H and O–H groups in total. The summed E-state index contributed by atoms with van der Waals surface area (Å²) in [6, 6.07) is 5.35. The minimum Gasteiger partial charge on any atom is -0.465 e. The molecule has 0 bridgehead atoms. The van der Waals surface area contributed by atoms with Crippen molar-refractivity contribution in [2.75, 3.05) is 35.9 Å². The van der Waals surface area contributed by atoms with Crippen LogP contribution in [0.25, 0.3) is 0 Å². The first-order chi connectivity index (χ1) is 15.6. The van der Waals surface area contributed by atoms with Crippen molar-refractivity contribution in [3.8, 4) is 11.5 Å². The van der Waals surface area contributed by atoms with E-state index in [0.29, 0.717) is 35.7 Å². The van der Waals surface area contributed by atoms with Crippen LogP contribution < -0.4 is 19.7 Å². The molecule has 32 heavy (non-hydrogen) atoms. The number of carbonyl (C=O) groups excluding carboxylic acids is 2. The number of hydrogen-bond acceptors (Lipinski definition) is 8. The molecule has 172 valence electrons. The Balaban J connectivity index is 1.44. The van der Waals surface area contributed by atoms with Crippen molar-refractivity contribution in [3.63, 3.8) is 0 Å². The predicted octanol–water partition coefficient (Wildman–Crippen LogP) is 5.15. The number of carbonyl (C=O) groups is 2. The first kappa shape index (κ1) is 22.7. The molecule has 0 atom stereocenters. The van der Waals surface area contributed by atoms with Crippen LogP contribution in [0, 0.1) is 5.92 Å². The number of thioether (sulfide) groups is 1. The summed E-state index contributed by atoms with van der Waals surface area (Å²) in [6.45, 7) is 2.97. The van der Waals surface area contributed by atoms with E-state index in [9.17, 15) is 9.59 Å². The number of urea groups is 1. The fourth-order valence-corrected chi connectivity index (χ4v) is 5.52. The zero-order valence-corrected chi connectivity index (χ0v) is 19.6. The molecular formula is C22H27N3O5S2. The van der Waals surface area contributed by atoms with E-state index in [0.717, 1.165) is 22.7 Å². The van der Waals surface area contributed by atoms with Crippen LogP contribution in [0.1, 0.15) is 39.0 Å². The summed E-state index contributed by atoms with van der Waals surface area (Å²) in [6.07, 6.45) is 7.58. The van der Waals surface area contributed by atoms with Gasteiger partial charge in [-0.25, -0.2) is 9.78 Å². The van der Waals surface area contributed by atoms with Crippen molar-refractivity contribution < 1.29 is 23.8 Å². The summed E-state index contributed by atoms with van der Waals surface area (Å²) in [7, 11) is 0. The second-order valence-electron chi connectivity index (χ2n) is 7.66. The van der Waals surface area contributed by atoms with Gasteiger partial charge in [0.05, 0.1) is 22.8 Å². The van der Waals surface area contributed by atoms with Gasteiger partial charge in [-0.15, -0.1) is 11.8 Å². The Labute approximate surface area is 195 Å². The molecule has 10 heteroatoms. The van der Waals surface area contributed by atoms with Gasteiger partial charge in [-0.1, -0.05) is 30.6 Å². The van der Waals surface area contributed by atoms with Gasteiger partial charge < -0.3 is 14.2 Å². The van der Waals surface area contributed by atoms with Crippen molar-refractivity contribution in [3.05, 3.63) is 24.4 Å². The van der Waals surface area contributed by atoms with Crippen LogP contribution in [0.15, 0.2) is 28.6 Å². The smallest absolute Gasteiger partial charge is 0.328 e. The average Bonchev–Trinajstić information content (AvgIpc) is 3.45. The summed E-state index contributed by atoms with van der Waals surface area (Å²) in [5.41, 5.74) is 0.769. The molecule has 0 unspecified atom stereocenters. The largest absolute Gasteiger partial charge is 0.465 e. The van der Waals surface area contributed by atoms with Crippen LogP contribution in [0.4, 0.5) is 15.6 Å². The number of ether oxygens (including phenoxy) is 3. The van der Waals surface area contributed by atoms with Gasteiger partial charge in [0.15, 0.2) is 16.6 Å². The molecule has 1 aliphatic carbocycles. The molecule has 1 fully saturated rings. The van der Waals surface area contributed by atoms with Gasteiger partial charge in [-0.05, 0) is 37.8 Å². The van der Waals surface area contributed by atoms with Crippen LogP contribution in [0.2, 0.25) is 0 Å². The highest BCUT2D eigenvalue weighted by molar-refractivity contribution is 8.01. The Morgan fingerprint density at radius 1 is 1.25 bits per heavy atom. The Morgan fingerprint density at radius 3 is 2.88 bits per heavy atom. The molecule has 1 aromatic heterocycles. The summed E-state index contributed by atoms with van der Waals surface area (Å²) in [5.74, 6) is 1.75. The third-order valence-electron chi connectivity index (χ3n) is 5.41. The number of rotatable bonds is 8. The molecule has 2 aromatic rings. The van der Waals surface area contributed by atoms with Gasteiger partial charge in [0.25, 0.3) is 0 Å². The summed E-state index contributed by atoms with van der Waals surface area (Å²) < 4.78 is 16.7. The van der Waals surface area contributed by atoms with Crippen molar-refractivity contribution in [1.29, 1.82) is 0 Å². The number of hydrogen-bond donors (Lipinski definition) is 1. The van der Waals surface area contributed by atoms with Gasteiger partial charge in [-0.3, -0.25) is 15.0 Å². The molecular weight excluding hydrogens is 450 g/mol. The molecule has 0 spiro atoms. The minimum atomic E-state index is -0.266. The van der Waals surface area contributed by atoms with Crippen molar-refractivity contribution in [2.45, 2.75) is 43.2 Å². The SMILES string of the molecule is CCOC(=O)CSc1cnc(NC(=O)N(CC2CCCCC2)c2ccc3c(c2)OCO3)s1. The van der Waals surface area contributed by atoms with Crippen molar-refractivity contribution >= 4 is 45.9 Å². The zero-order chi connectivity index (χ0) is 22.3. The zero-order valence-electron chi connectivity index (χ0n) is 18.0. The maximum absolute atomic E-state index is 13.3. The highest BCUT2D eigenvalue weighted by Gasteiger charge is 2.25. The Bertz CT molecular complexity index is 945. The molecule has 1 aliphatic heterocycles. The van der Waals surface area contributed by atoms with Crippen molar-refractivity contribution in [2.24, 2.45) is 5.92 Å². The van der Waals surface area contributed by atoms with Gasteiger partial charge in [0.1, 0.15) is 0 Å². The highest BCUT2D eigenvalue weighted by atomic mass is 32.2. The van der Waals surface area contributed by atoms with Gasteiger partial charge in [0, 0.05) is 18.3 Å². The van der Waals surface area contributed by atoms with E-state index in [1.54, 1.807) is 18.0 Å². The van der Waals surface area contributed by atoms with Crippen LogP contribution in [-0.2, 0) is 9.53 Å². The number of nitrogens with one attached hydrogen (secondary N) is 1. The molecule has 1 saturated carbocycles. The number of benzene rings is 1. The van der Waals surface area contributed by atoms with E-state index in [2.05, 4.69) is 10.3 Å². The van der Waals surface area contributed by atoms with Crippen LogP contribution in [-0.4, -0.2) is 42.7 Å². The summed E-state index contributed by atoms with van der Waals surface area (Å²) >= 11 is 2.69. The maximum Gasteiger partial charge on any atom is 0.328 e. The molecule has 0 saturated heterocycles. The number of nitrogens with zero attached hydrogens (tertiary/aromatic N) is 2. The number of aromatic nitrogens is 1. The molecule has 8 nitrogen and oxygen atoms in total. The van der Waals surface area contributed by atoms with Crippen molar-refractivity contribution in [1.82, 2.24) is 4.98 Å². The van der Waals surface area contributed by atoms with Crippen LogP contribution in [0.5, 0.6) is 11.5 Å². The highest BCUT2D eigenvalue weighted by Crippen LogP contribution is 2.37. The molecule has 2 amide bonds. The van der Waals surface area contributed by atoms with E-state index < -0.39 is 0 Å². The number of fused-ring (bicyclic) bond motifs is 1. The van der Waals surface area contributed by atoms with Gasteiger partial charge in [0.2, 0.25) is 6.79 Å². The standard InChI is InChI=1S/C22H27N3O5S2/c1-2-28-19(26)13-31-20-11-23-21(32-20)24-22(27)25(12-15-6-4-3-5-7-15)16-8-9-17-18(10-16)30-14-29-17/h8-11,15H,2-7,12-14H2,1H3,(H,23,24,27). The molecule has 0 radical (unpaired) electrons. The van der Waals surface area contributed by atoms with Crippen LogP contribution >= 0.6 is 23.1 Å². The summed E-state index contributed by atoms with van der Waals surface area (Å²) in [4.78, 5) is 30.9. The third-order valence-corrected chi connectivity index (χ3v) is 7.50. The van der Waals surface area contributed by atoms with E-state index in [4.69, 9.17) is 14.2 Å². The fourth-order valence-electron chi connectivity index (χ4n) is 3.86. The second kappa shape index (κ2) is 10.9. The second-order valence-corrected chi connectivity index (χ2v) is 9.97. The van der Waals surface area contributed by atoms with E-state index in [1.807, 2.05) is 18.2 Å². The van der Waals surface area contributed by atoms with E-state index in [1.165, 1.54) is 42.4 Å². The lowest BCUT2D eigenvalue weighted by Gasteiger charge is -2.29. The number of anilines is 2. The van der Waals surface area contributed by atoms with Gasteiger partial charge >= 0.3 is 12.0 Å². The van der Waals surface area contributed by atoms with Crippen LogP contribution in [0.3, 0.4) is 0 Å². The fraction of sp³-hybridized carbons (Fsp3) is 0.500. The Morgan fingerprint density at radius 2 is 2.06 bits per heavy atom. The lowest BCUT2D eigenvalue weighted by molar-refractivity contribution is -0.139. The number of amides is 2. The maximum atomic E-state index is 13.3. The number of thiazole rings is 1. The topological polar surface area (TPSA) is 90.0 Å². The Kier molecular flexibility index (Phi) is 7.75. The number of esters is 1. The Hall–Kier alpha value is -2.46. The normalized spacial score (nSPS) is 15.4. The summed E-state index contributed by atoms with van der Waals surface area (Å²) in [5, 5.41) is 3.42. The minimum absolute atomic E-state index is 0.193. The lowest BCUT2D eigenvalue weighted by atomic mass is 9.89. The molecule has 4 rings (SSSR count). The quantitative estimate of drug-likeness (QED) is 0.416.